The van der Waals surface area contributed by atoms with Gasteiger partial charge in [-0.2, -0.15) is 0 Å². The lowest BCUT2D eigenvalue weighted by Gasteiger charge is -2.12. The fraction of sp³-hybridized carbons (Fsp3) is 0.294. The molecule has 0 bridgehead atoms. The number of rotatable bonds is 5. The second-order valence-electron chi connectivity index (χ2n) is 5.12. The number of nitrogens with one attached hydrogen (secondary N) is 1. The number of amides is 1. The highest BCUT2D eigenvalue weighted by Gasteiger charge is 2.14. The highest BCUT2D eigenvalue weighted by molar-refractivity contribution is 5.97. The van der Waals surface area contributed by atoms with Crippen LogP contribution in [0.1, 0.15) is 41.4 Å². The summed E-state index contributed by atoms with van der Waals surface area (Å²) in [4.78, 5) is 16.5. The lowest BCUT2D eigenvalue weighted by molar-refractivity contribution is 0.0947. The summed E-state index contributed by atoms with van der Waals surface area (Å²) in [5.41, 5.74) is 2.49. The van der Waals surface area contributed by atoms with Crippen molar-refractivity contribution >= 4 is 5.91 Å². The van der Waals surface area contributed by atoms with Gasteiger partial charge < -0.3 is 10.1 Å². The van der Waals surface area contributed by atoms with Crippen LogP contribution in [0.3, 0.4) is 0 Å². The fourth-order valence-electron chi connectivity index (χ4n) is 2.03. The van der Waals surface area contributed by atoms with Crippen LogP contribution in [0.5, 0.6) is 5.75 Å². The molecule has 1 N–H and O–H groups in total. The van der Waals surface area contributed by atoms with E-state index in [9.17, 15) is 4.79 Å². The number of carbonyl (C=O) groups is 1. The SMILES string of the molecule is COc1ccc(C(C)C)cc1C(=O)NCc1ccccn1. The number of nitrogens with zero attached hydrogens (tertiary/aromatic N) is 1. The van der Waals surface area contributed by atoms with Crippen molar-refractivity contribution in [2.24, 2.45) is 0 Å². The monoisotopic (exact) mass is 284 g/mol. The van der Waals surface area contributed by atoms with Gasteiger partial charge in [0.05, 0.1) is 24.9 Å². The molecular weight excluding hydrogens is 264 g/mol. The molecule has 1 heterocycles. The van der Waals surface area contributed by atoms with Crippen LogP contribution in [0, 0.1) is 0 Å². The van der Waals surface area contributed by atoms with E-state index in [-0.39, 0.29) is 5.91 Å². The van der Waals surface area contributed by atoms with E-state index in [4.69, 9.17) is 4.74 Å². The minimum atomic E-state index is -0.153. The molecule has 0 aliphatic heterocycles. The summed E-state index contributed by atoms with van der Waals surface area (Å²) in [5.74, 6) is 0.788. The molecule has 2 aromatic rings. The molecule has 1 amide bonds. The average molecular weight is 284 g/mol. The number of methoxy groups -OCH3 is 1. The normalized spacial score (nSPS) is 10.5. The Labute approximate surface area is 125 Å². The first kappa shape index (κ1) is 15.0. The first-order valence-electron chi connectivity index (χ1n) is 6.98. The second kappa shape index (κ2) is 6.88. The molecule has 0 atom stereocenters. The van der Waals surface area contributed by atoms with Crippen LogP contribution in [-0.2, 0) is 6.54 Å². The van der Waals surface area contributed by atoms with Gasteiger partial charge in [0, 0.05) is 6.20 Å². The lowest BCUT2D eigenvalue weighted by atomic mass is 10.00. The molecule has 1 aromatic heterocycles. The number of benzene rings is 1. The van der Waals surface area contributed by atoms with Gasteiger partial charge in [0.15, 0.2) is 0 Å². The van der Waals surface area contributed by atoms with Crippen LogP contribution in [-0.4, -0.2) is 18.0 Å². The molecule has 0 fully saturated rings. The van der Waals surface area contributed by atoms with Crippen molar-refractivity contribution in [1.82, 2.24) is 10.3 Å². The predicted molar refractivity (Wildman–Crippen MR) is 82.5 cm³/mol. The fourth-order valence-corrected chi connectivity index (χ4v) is 2.03. The number of pyridine rings is 1. The van der Waals surface area contributed by atoms with E-state index in [1.54, 1.807) is 13.3 Å². The molecule has 0 saturated heterocycles. The van der Waals surface area contributed by atoms with E-state index in [0.29, 0.717) is 23.8 Å². The Hall–Kier alpha value is -2.36. The third kappa shape index (κ3) is 3.81. The van der Waals surface area contributed by atoms with Crippen LogP contribution in [0.25, 0.3) is 0 Å². The summed E-state index contributed by atoms with van der Waals surface area (Å²) in [6.45, 7) is 4.59. The highest BCUT2D eigenvalue weighted by atomic mass is 16.5. The van der Waals surface area contributed by atoms with E-state index in [2.05, 4.69) is 24.1 Å². The van der Waals surface area contributed by atoms with Gasteiger partial charge >= 0.3 is 0 Å². The minimum absolute atomic E-state index is 0.153. The van der Waals surface area contributed by atoms with Gasteiger partial charge in [-0.3, -0.25) is 9.78 Å². The predicted octanol–water partition coefficient (Wildman–Crippen LogP) is 3.14. The molecule has 0 aliphatic rings. The maximum absolute atomic E-state index is 12.4. The van der Waals surface area contributed by atoms with Gasteiger partial charge in [0.25, 0.3) is 5.91 Å². The third-order valence-corrected chi connectivity index (χ3v) is 3.29. The van der Waals surface area contributed by atoms with Crippen molar-refractivity contribution in [3.8, 4) is 5.75 Å². The van der Waals surface area contributed by atoms with Crippen LogP contribution in [0.15, 0.2) is 42.6 Å². The van der Waals surface area contributed by atoms with Crippen molar-refractivity contribution in [1.29, 1.82) is 0 Å². The number of ether oxygens (including phenoxy) is 1. The largest absolute Gasteiger partial charge is 0.496 e. The van der Waals surface area contributed by atoms with Gasteiger partial charge in [-0.25, -0.2) is 0 Å². The molecule has 0 radical (unpaired) electrons. The maximum Gasteiger partial charge on any atom is 0.255 e. The van der Waals surface area contributed by atoms with E-state index >= 15 is 0 Å². The summed E-state index contributed by atoms with van der Waals surface area (Å²) in [7, 11) is 1.57. The Morgan fingerprint density at radius 3 is 2.71 bits per heavy atom. The first-order valence-corrected chi connectivity index (χ1v) is 6.98. The van der Waals surface area contributed by atoms with Gasteiger partial charge in [-0.1, -0.05) is 26.0 Å². The Balaban J connectivity index is 2.15. The van der Waals surface area contributed by atoms with Crippen molar-refractivity contribution < 1.29 is 9.53 Å². The molecule has 0 unspecified atom stereocenters. The van der Waals surface area contributed by atoms with Gasteiger partial charge in [0.1, 0.15) is 5.75 Å². The van der Waals surface area contributed by atoms with Gasteiger partial charge in [-0.05, 0) is 35.7 Å². The zero-order valence-corrected chi connectivity index (χ0v) is 12.6. The molecular formula is C17H20N2O2. The molecule has 1 aromatic carbocycles. The number of carbonyl (C=O) groups excluding carboxylic acids is 1. The molecule has 0 spiro atoms. The molecule has 0 aliphatic carbocycles. The summed E-state index contributed by atoms with van der Waals surface area (Å²) in [6, 6.07) is 11.3. The van der Waals surface area contributed by atoms with Crippen LogP contribution >= 0.6 is 0 Å². The standard InChI is InChI=1S/C17H20N2O2/c1-12(2)13-7-8-16(21-3)15(10-13)17(20)19-11-14-6-4-5-9-18-14/h4-10,12H,11H2,1-3H3,(H,19,20). The van der Waals surface area contributed by atoms with Crippen molar-refractivity contribution in [2.45, 2.75) is 26.3 Å². The molecule has 21 heavy (non-hydrogen) atoms. The van der Waals surface area contributed by atoms with Gasteiger partial charge in [0.2, 0.25) is 0 Å². The number of aromatic nitrogens is 1. The quantitative estimate of drug-likeness (QED) is 0.917. The van der Waals surface area contributed by atoms with E-state index in [1.807, 2.05) is 36.4 Å². The van der Waals surface area contributed by atoms with E-state index in [1.165, 1.54) is 0 Å². The maximum atomic E-state index is 12.4. The first-order chi connectivity index (χ1) is 10.1. The summed E-state index contributed by atoms with van der Waals surface area (Å²) in [6.07, 6.45) is 1.71. The Morgan fingerprint density at radius 2 is 2.10 bits per heavy atom. The Morgan fingerprint density at radius 1 is 1.29 bits per heavy atom. The van der Waals surface area contributed by atoms with Crippen molar-refractivity contribution in [3.05, 3.63) is 59.4 Å². The Kier molecular flexibility index (Phi) is 4.93. The zero-order chi connectivity index (χ0) is 15.2. The molecule has 110 valence electrons. The summed E-state index contributed by atoms with van der Waals surface area (Å²) >= 11 is 0. The van der Waals surface area contributed by atoms with Gasteiger partial charge in [-0.15, -0.1) is 0 Å². The van der Waals surface area contributed by atoms with Crippen LogP contribution in [0.2, 0.25) is 0 Å². The van der Waals surface area contributed by atoms with Crippen LogP contribution < -0.4 is 10.1 Å². The second-order valence-corrected chi connectivity index (χ2v) is 5.12. The van der Waals surface area contributed by atoms with Crippen molar-refractivity contribution in [3.63, 3.8) is 0 Å². The van der Waals surface area contributed by atoms with Crippen LogP contribution in [0.4, 0.5) is 0 Å². The van der Waals surface area contributed by atoms with E-state index in [0.717, 1.165) is 11.3 Å². The molecule has 0 saturated carbocycles. The smallest absolute Gasteiger partial charge is 0.255 e. The number of hydrogen-bond donors (Lipinski definition) is 1. The third-order valence-electron chi connectivity index (χ3n) is 3.29. The average Bonchev–Trinajstić information content (AvgIpc) is 2.52. The summed E-state index contributed by atoms with van der Waals surface area (Å²) < 4.78 is 5.28. The Bertz CT molecular complexity index is 609. The molecule has 2 rings (SSSR count). The zero-order valence-electron chi connectivity index (χ0n) is 12.6. The highest BCUT2D eigenvalue weighted by Crippen LogP contribution is 2.24. The van der Waals surface area contributed by atoms with E-state index < -0.39 is 0 Å². The summed E-state index contributed by atoms with van der Waals surface area (Å²) in [5, 5.41) is 2.87. The molecule has 4 heteroatoms. The minimum Gasteiger partial charge on any atom is -0.496 e. The topological polar surface area (TPSA) is 51.2 Å². The van der Waals surface area contributed by atoms with Crippen molar-refractivity contribution in [2.75, 3.05) is 7.11 Å². The number of hydrogen-bond acceptors (Lipinski definition) is 3. The lowest BCUT2D eigenvalue weighted by Crippen LogP contribution is -2.24. The molecule has 4 nitrogen and oxygen atoms in total.